The molecule has 1 heterocycles. The van der Waals surface area contributed by atoms with Crippen LogP contribution in [0.15, 0.2) is 18.2 Å². The van der Waals surface area contributed by atoms with Crippen LogP contribution in [0.3, 0.4) is 0 Å². The van der Waals surface area contributed by atoms with Crippen molar-refractivity contribution in [3.05, 3.63) is 29.6 Å². The summed E-state index contributed by atoms with van der Waals surface area (Å²) in [7, 11) is -3.46. The summed E-state index contributed by atoms with van der Waals surface area (Å²) in [6, 6.07) is 5.20. The molecule has 21 heavy (non-hydrogen) atoms. The first-order chi connectivity index (χ1) is 9.59. The lowest BCUT2D eigenvalue weighted by atomic mass is 9.75. The molecule has 0 amide bonds. The first-order valence-electron chi connectivity index (χ1n) is 7.10. The van der Waals surface area contributed by atoms with Crippen LogP contribution in [-0.2, 0) is 15.6 Å². The van der Waals surface area contributed by atoms with Crippen molar-refractivity contribution in [2.45, 2.75) is 51.2 Å². The summed E-state index contributed by atoms with van der Waals surface area (Å²) >= 11 is 0. The van der Waals surface area contributed by atoms with E-state index in [1.165, 1.54) is 0 Å². The van der Waals surface area contributed by atoms with E-state index in [1.807, 2.05) is 0 Å². The van der Waals surface area contributed by atoms with Gasteiger partial charge in [0.2, 0.25) is 5.92 Å². The summed E-state index contributed by atoms with van der Waals surface area (Å²) in [6.07, 6.45) is 0.424. The first-order valence-corrected chi connectivity index (χ1v) is 8.92. The molecule has 118 valence electrons. The van der Waals surface area contributed by atoms with Crippen molar-refractivity contribution in [2.75, 3.05) is 5.75 Å². The molecule has 0 spiro atoms. The van der Waals surface area contributed by atoms with E-state index in [0.717, 1.165) is 5.69 Å². The van der Waals surface area contributed by atoms with Gasteiger partial charge in [0.05, 0.1) is 17.2 Å². The third-order valence-electron chi connectivity index (χ3n) is 3.89. The standard InChI is InChI=1S/C15H21F2NO2S/c1-12-5-3-6-13(18-12)9-21(19,20)11-14(2)7-4-8-15(16,17)10-14/h3,5-6H,4,7-11H2,1-2H3. The van der Waals surface area contributed by atoms with Gasteiger partial charge in [-0.2, -0.15) is 0 Å². The second-order valence-electron chi connectivity index (χ2n) is 6.50. The van der Waals surface area contributed by atoms with Crippen LogP contribution in [0.1, 0.15) is 44.0 Å². The fraction of sp³-hybridized carbons (Fsp3) is 0.667. The number of aromatic nitrogens is 1. The SMILES string of the molecule is Cc1cccc(CS(=O)(=O)CC2(C)CCCC(F)(F)C2)n1. The van der Waals surface area contributed by atoms with Crippen molar-refractivity contribution in [3.63, 3.8) is 0 Å². The zero-order valence-electron chi connectivity index (χ0n) is 12.4. The minimum atomic E-state index is -3.46. The highest BCUT2D eigenvalue weighted by atomic mass is 32.2. The van der Waals surface area contributed by atoms with E-state index in [0.29, 0.717) is 18.5 Å². The maximum Gasteiger partial charge on any atom is 0.248 e. The zero-order valence-corrected chi connectivity index (χ0v) is 13.2. The Labute approximate surface area is 124 Å². The average Bonchev–Trinajstić information content (AvgIpc) is 2.23. The van der Waals surface area contributed by atoms with E-state index in [2.05, 4.69) is 4.98 Å². The lowest BCUT2D eigenvalue weighted by molar-refractivity contribution is -0.0718. The zero-order chi connectivity index (χ0) is 15.7. The van der Waals surface area contributed by atoms with Crippen molar-refractivity contribution in [1.29, 1.82) is 0 Å². The van der Waals surface area contributed by atoms with Crippen LogP contribution in [0.25, 0.3) is 0 Å². The minimum absolute atomic E-state index is 0.137. The van der Waals surface area contributed by atoms with Gasteiger partial charge in [-0.05, 0) is 37.3 Å². The van der Waals surface area contributed by atoms with Crippen molar-refractivity contribution < 1.29 is 17.2 Å². The van der Waals surface area contributed by atoms with Gasteiger partial charge < -0.3 is 0 Å². The average molecular weight is 317 g/mol. The van der Waals surface area contributed by atoms with Crippen molar-refractivity contribution in [1.82, 2.24) is 4.98 Å². The number of rotatable bonds is 4. The molecule has 0 aliphatic heterocycles. The smallest absolute Gasteiger partial charge is 0.248 e. The van der Waals surface area contributed by atoms with Gasteiger partial charge in [-0.15, -0.1) is 0 Å². The Bertz CT molecular complexity index is 616. The highest BCUT2D eigenvalue weighted by Crippen LogP contribution is 2.45. The number of hydrogen-bond donors (Lipinski definition) is 0. The normalized spacial score (nSPS) is 25.7. The second kappa shape index (κ2) is 5.63. The molecule has 1 unspecified atom stereocenters. The Kier molecular flexibility index (Phi) is 4.38. The molecular weight excluding hydrogens is 296 g/mol. The Balaban J connectivity index is 2.10. The first kappa shape index (κ1) is 16.3. The van der Waals surface area contributed by atoms with E-state index >= 15 is 0 Å². The number of sulfone groups is 1. The Hall–Kier alpha value is -1.04. The molecule has 1 aliphatic rings. The van der Waals surface area contributed by atoms with Crippen molar-refractivity contribution in [3.8, 4) is 0 Å². The van der Waals surface area contributed by atoms with E-state index in [1.54, 1.807) is 32.0 Å². The molecule has 1 aromatic heterocycles. The molecule has 2 rings (SSSR count). The fourth-order valence-electron chi connectivity index (χ4n) is 3.19. The van der Waals surface area contributed by atoms with Gasteiger partial charge in [0.1, 0.15) is 0 Å². The summed E-state index contributed by atoms with van der Waals surface area (Å²) < 4.78 is 51.7. The predicted molar refractivity (Wildman–Crippen MR) is 78.0 cm³/mol. The van der Waals surface area contributed by atoms with E-state index in [9.17, 15) is 17.2 Å². The Morgan fingerprint density at radius 3 is 2.62 bits per heavy atom. The van der Waals surface area contributed by atoms with E-state index in [4.69, 9.17) is 0 Å². The summed E-state index contributed by atoms with van der Waals surface area (Å²) in [5, 5.41) is 0. The summed E-state index contributed by atoms with van der Waals surface area (Å²) in [5.74, 6) is -3.13. The third-order valence-corrected chi connectivity index (χ3v) is 5.76. The molecule has 0 bridgehead atoms. The largest absolute Gasteiger partial charge is 0.257 e. The van der Waals surface area contributed by atoms with E-state index < -0.39 is 21.2 Å². The molecule has 3 nitrogen and oxygen atoms in total. The van der Waals surface area contributed by atoms with Gasteiger partial charge in [-0.25, -0.2) is 17.2 Å². The monoisotopic (exact) mass is 317 g/mol. The minimum Gasteiger partial charge on any atom is -0.257 e. The van der Waals surface area contributed by atoms with Gasteiger partial charge in [0.25, 0.3) is 0 Å². The maximum absolute atomic E-state index is 13.5. The van der Waals surface area contributed by atoms with Gasteiger partial charge in [-0.3, -0.25) is 4.98 Å². The van der Waals surface area contributed by atoms with Crippen LogP contribution in [-0.4, -0.2) is 25.1 Å². The number of pyridine rings is 1. The van der Waals surface area contributed by atoms with Crippen LogP contribution in [0, 0.1) is 12.3 Å². The summed E-state index contributed by atoms with van der Waals surface area (Å²) in [5.41, 5.74) is 0.379. The molecule has 0 aromatic carbocycles. The molecule has 0 saturated heterocycles. The van der Waals surface area contributed by atoms with Gasteiger partial charge >= 0.3 is 0 Å². The van der Waals surface area contributed by atoms with Crippen LogP contribution in [0.2, 0.25) is 0 Å². The van der Waals surface area contributed by atoms with Gasteiger partial charge in [0.15, 0.2) is 9.84 Å². The molecule has 6 heteroatoms. The molecule has 1 saturated carbocycles. The lowest BCUT2D eigenvalue weighted by Gasteiger charge is -2.37. The second-order valence-corrected chi connectivity index (χ2v) is 8.56. The quantitative estimate of drug-likeness (QED) is 0.853. The maximum atomic E-state index is 13.5. The number of aryl methyl sites for hydroxylation is 1. The number of hydrogen-bond acceptors (Lipinski definition) is 3. The predicted octanol–water partition coefficient (Wildman–Crippen LogP) is 3.52. The Morgan fingerprint density at radius 2 is 2.00 bits per heavy atom. The fourth-order valence-corrected chi connectivity index (χ4v) is 5.21. The molecule has 1 aliphatic carbocycles. The van der Waals surface area contributed by atoms with Crippen LogP contribution in [0.5, 0.6) is 0 Å². The Morgan fingerprint density at radius 1 is 1.29 bits per heavy atom. The molecule has 0 radical (unpaired) electrons. The molecule has 1 fully saturated rings. The number of alkyl halides is 2. The van der Waals surface area contributed by atoms with Gasteiger partial charge in [0, 0.05) is 18.5 Å². The molecule has 1 aromatic rings. The molecule has 1 atom stereocenters. The third kappa shape index (κ3) is 4.73. The van der Waals surface area contributed by atoms with Crippen LogP contribution >= 0.6 is 0 Å². The lowest BCUT2D eigenvalue weighted by Crippen LogP contribution is -2.38. The summed E-state index contributed by atoms with van der Waals surface area (Å²) in [4.78, 5) is 4.18. The van der Waals surface area contributed by atoms with Crippen molar-refractivity contribution in [2.24, 2.45) is 5.41 Å². The summed E-state index contributed by atoms with van der Waals surface area (Å²) in [6.45, 7) is 3.44. The highest BCUT2D eigenvalue weighted by Gasteiger charge is 2.44. The van der Waals surface area contributed by atoms with Crippen molar-refractivity contribution >= 4 is 9.84 Å². The van der Waals surface area contributed by atoms with Crippen LogP contribution < -0.4 is 0 Å². The van der Waals surface area contributed by atoms with Crippen LogP contribution in [0.4, 0.5) is 8.78 Å². The number of nitrogens with zero attached hydrogens (tertiary/aromatic N) is 1. The molecular formula is C15H21F2NO2S. The topological polar surface area (TPSA) is 47.0 Å². The highest BCUT2D eigenvalue weighted by molar-refractivity contribution is 7.90. The van der Waals surface area contributed by atoms with E-state index in [-0.39, 0.29) is 24.3 Å². The van der Waals surface area contributed by atoms with Gasteiger partial charge in [-0.1, -0.05) is 13.0 Å². The number of halogens is 2. The molecule has 0 N–H and O–H groups in total.